The van der Waals surface area contributed by atoms with E-state index < -0.39 is 11.6 Å². The number of nitrogens with zero attached hydrogens (tertiary/aromatic N) is 6. The van der Waals surface area contributed by atoms with Crippen LogP contribution in [-0.4, -0.2) is 50.0 Å². The number of methoxy groups -OCH3 is 1. The second-order valence-corrected chi connectivity index (χ2v) is 9.27. The van der Waals surface area contributed by atoms with E-state index in [4.69, 9.17) is 24.5 Å². The third kappa shape index (κ3) is 5.06. The number of hydrogen-bond donors (Lipinski definition) is 2. The number of halogens is 2. The molecule has 0 radical (unpaired) electrons. The van der Waals surface area contributed by atoms with Gasteiger partial charge in [-0.25, -0.2) is 28.7 Å². The molecule has 2 aromatic carbocycles. The molecule has 4 heterocycles. The topological polar surface area (TPSA) is 112 Å². The number of nitrogens with one attached hydrogen (secondary N) is 2. The Kier molecular flexibility index (Phi) is 7.01. The van der Waals surface area contributed by atoms with Crippen molar-refractivity contribution >= 4 is 22.5 Å². The Morgan fingerprint density at radius 1 is 1.02 bits per heavy atom. The van der Waals surface area contributed by atoms with Crippen molar-refractivity contribution < 1.29 is 18.3 Å². The van der Waals surface area contributed by atoms with Gasteiger partial charge in [0.05, 0.1) is 24.4 Å². The summed E-state index contributed by atoms with van der Waals surface area (Å²) in [4.78, 5) is 18.2. The molecule has 0 spiro atoms. The molecule has 204 valence electrons. The van der Waals surface area contributed by atoms with Gasteiger partial charge in [-0.3, -0.25) is 4.68 Å². The van der Waals surface area contributed by atoms with E-state index in [1.807, 2.05) is 31.2 Å². The minimum atomic E-state index is -0.722. The Morgan fingerprint density at radius 3 is 2.65 bits per heavy atom. The number of anilines is 2. The summed E-state index contributed by atoms with van der Waals surface area (Å²) in [7, 11) is 1.53. The van der Waals surface area contributed by atoms with E-state index in [0.717, 1.165) is 16.6 Å². The van der Waals surface area contributed by atoms with Gasteiger partial charge in [0.15, 0.2) is 5.82 Å². The molecule has 0 amide bonds. The summed E-state index contributed by atoms with van der Waals surface area (Å²) in [6.45, 7) is 3.37. The number of aromatic nitrogens is 6. The lowest BCUT2D eigenvalue weighted by Crippen LogP contribution is -2.09. The smallest absolute Gasteiger partial charge is 0.183 e. The van der Waals surface area contributed by atoms with Crippen molar-refractivity contribution in [1.82, 2.24) is 35.0 Å². The van der Waals surface area contributed by atoms with Gasteiger partial charge in [-0.1, -0.05) is 18.2 Å². The van der Waals surface area contributed by atoms with Crippen LogP contribution < -0.4 is 15.4 Å². The number of hydrogen-bond acceptors (Lipinski definition) is 9. The van der Waals surface area contributed by atoms with Crippen LogP contribution >= 0.6 is 0 Å². The van der Waals surface area contributed by atoms with Crippen LogP contribution in [-0.2, 0) is 24.4 Å². The molecule has 12 heteroatoms. The highest BCUT2D eigenvalue weighted by molar-refractivity contribution is 5.92. The number of benzene rings is 2. The first-order valence-corrected chi connectivity index (χ1v) is 12.7. The molecule has 0 saturated heterocycles. The molecule has 5 aromatic rings. The van der Waals surface area contributed by atoms with E-state index in [2.05, 4.69) is 20.6 Å². The van der Waals surface area contributed by atoms with E-state index in [0.29, 0.717) is 54.2 Å². The molecule has 0 atom stereocenters. The van der Waals surface area contributed by atoms with E-state index in [-0.39, 0.29) is 24.5 Å². The van der Waals surface area contributed by atoms with E-state index in [1.54, 1.807) is 16.9 Å². The molecule has 10 nitrogen and oxygen atoms in total. The highest BCUT2D eigenvalue weighted by atomic mass is 19.1. The first-order valence-electron chi connectivity index (χ1n) is 12.7. The molecule has 0 saturated carbocycles. The lowest BCUT2D eigenvalue weighted by molar-refractivity contribution is 0.146. The molecule has 0 fully saturated rings. The summed E-state index contributed by atoms with van der Waals surface area (Å²) < 4.78 is 41.9. The molecule has 1 aliphatic heterocycles. The fraction of sp³-hybridized carbons (Fsp3) is 0.250. The number of rotatable bonds is 9. The quantitative estimate of drug-likeness (QED) is 0.263. The molecule has 6 rings (SSSR count). The largest absolute Gasteiger partial charge is 0.491 e. The minimum absolute atomic E-state index is 0.0980. The van der Waals surface area contributed by atoms with Gasteiger partial charge in [-0.2, -0.15) is 5.10 Å². The summed E-state index contributed by atoms with van der Waals surface area (Å²) in [6, 6.07) is 11.6. The summed E-state index contributed by atoms with van der Waals surface area (Å²) in [5.74, 6) is 0.910. The zero-order valence-electron chi connectivity index (χ0n) is 21.9. The van der Waals surface area contributed by atoms with Gasteiger partial charge in [0.25, 0.3) is 0 Å². The lowest BCUT2D eigenvalue weighted by atomic mass is 10.1. The maximum Gasteiger partial charge on any atom is 0.183 e. The van der Waals surface area contributed by atoms with Crippen LogP contribution in [0.2, 0.25) is 0 Å². The van der Waals surface area contributed by atoms with Crippen molar-refractivity contribution in [1.29, 1.82) is 0 Å². The predicted octanol–water partition coefficient (Wildman–Crippen LogP) is 4.29. The molecule has 0 aliphatic carbocycles. The van der Waals surface area contributed by atoms with Crippen molar-refractivity contribution in [2.45, 2.75) is 26.6 Å². The maximum absolute atomic E-state index is 15.0. The zero-order chi connectivity index (χ0) is 27.6. The summed E-state index contributed by atoms with van der Waals surface area (Å²) >= 11 is 0. The molecule has 0 bridgehead atoms. The third-order valence-electron chi connectivity index (χ3n) is 6.56. The fourth-order valence-corrected chi connectivity index (χ4v) is 4.64. The van der Waals surface area contributed by atoms with Crippen molar-refractivity contribution in [3.05, 3.63) is 82.9 Å². The van der Waals surface area contributed by atoms with Crippen molar-refractivity contribution in [2.75, 3.05) is 25.6 Å². The van der Waals surface area contributed by atoms with Crippen LogP contribution in [0, 0.1) is 18.6 Å². The standard InChI is InChI=1S/C28H26F2N8O2/c1-16-32-8-7-25(33-16)35-27-19-13-31-14-23(19)34-28(36-27)26-18-5-3-4-6-24(18)38(37-26)15-20-21(29)11-17(12-22(20)30)40-10-9-39-2/h3-8,11-12,31H,9-10,13-15H2,1-2H3,(H,32,33,34,35,36). The van der Waals surface area contributed by atoms with Gasteiger partial charge in [0, 0.05) is 55.0 Å². The first kappa shape index (κ1) is 25.7. The summed E-state index contributed by atoms with van der Waals surface area (Å²) in [5.41, 5.74) is 2.87. The van der Waals surface area contributed by atoms with Gasteiger partial charge in [-0.05, 0) is 19.1 Å². The van der Waals surface area contributed by atoms with Gasteiger partial charge in [-0.15, -0.1) is 0 Å². The van der Waals surface area contributed by atoms with Crippen LogP contribution in [0.1, 0.15) is 22.6 Å². The van der Waals surface area contributed by atoms with Crippen molar-refractivity contribution in [3.8, 4) is 17.3 Å². The second-order valence-electron chi connectivity index (χ2n) is 9.27. The van der Waals surface area contributed by atoms with Gasteiger partial charge in [0.1, 0.15) is 47.1 Å². The van der Waals surface area contributed by atoms with E-state index >= 15 is 8.78 Å². The van der Waals surface area contributed by atoms with Gasteiger partial charge >= 0.3 is 0 Å². The van der Waals surface area contributed by atoms with Gasteiger partial charge < -0.3 is 20.1 Å². The molecule has 40 heavy (non-hydrogen) atoms. The number of para-hydroxylation sites is 1. The molecular weight excluding hydrogens is 518 g/mol. The van der Waals surface area contributed by atoms with Crippen LogP contribution in [0.4, 0.5) is 20.4 Å². The van der Waals surface area contributed by atoms with Crippen LogP contribution in [0.25, 0.3) is 22.4 Å². The Balaban J connectivity index is 1.38. The second kappa shape index (κ2) is 10.9. The number of aryl methyl sites for hydroxylation is 1. The maximum atomic E-state index is 15.0. The van der Waals surface area contributed by atoms with Crippen LogP contribution in [0.3, 0.4) is 0 Å². The highest BCUT2D eigenvalue weighted by Gasteiger charge is 2.24. The molecule has 2 N–H and O–H groups in total. The number of fused-ring (bicyclic) bond motifs is 2. The predicted molar refractivity (Wildman–Crippen MR) is 144 cm³/mol. The summed E-state index contributed by atoms with van der Waals surface area (Å²) in [6.07, 6.45) is 1.68. The van der Waals surface area contributed by atoms with Crippen molar-refractivity contribution in [2.24, 2.45) is 0 Å². The third-order valence-corrected chi connectivity index (χ3v) is 6.56. The van der Waals surface area contributed by atoms with Crippen LogP contribution in [0.15, 0.2) is 48.7 Å². The molecular formula is C28H26F2N8O2. The number of ether oxygens (including phenoxy) is 2. The SMILES string of the molecule is COCCOc1cc(F)c(Cn2nc(-c3nc4c(c(Nc5ccnc(C)n5)n3)CNC4)c3ccccc32)c(F)c1. The first-order chi connectivity index (χ1) is 19.5. The highest BCUT2D eigenvalue weighted by Crippen LogP contribution is 2.32. The monoisotopic (exact) mass is 544 g/mol. The van der Waals surface area contributed by atoms with Crippen molar-refractivity contribution in [3.63, 3.8) is 0 Å². The molecule has 3 aromatic heterocycles. The Morgan fingerprint density at radius 2 is 1.85 bits per heavy atom. The molecule has 1 aliphatic rings. The van der Waals surface area contributed by atoms with Gasteiger partial charge in [0.2, 0.25) is 0 Å². The average Bonchev–Trinajstić information content (AvgIpc) is 3.56. The lowest BCUT2D eigenvalue weighted by Gasteiger charge is -2.11. The average molecular weight is 545 g/mol. The fourth-order valence-electron chi connectivity index (χ4n) is 4.64. The van der Waals surface area contributed by atoms with Crippen LogP contribution in [0.5, 0.6) is 5.75 Å². The Labute approximate surface area is 228 Å². The Hall–Kier alpha value is -4.55. The van der Waals surface area contributed by atoms with E-state index in [1.165, 1.54) is 19.2 Å². The zero-order valence-corrected chi connectivity index (χ0v) is 21.9. The summed E-state index contributed by atoms with van der Waals surface area (Å²) in [5, 5.41) is 12.1. The minimum Gasteiger partial charge on any atom is -0.491 e. The van der Waals surface area contributed by atoms with E-state index in [9.17, 15) is 0 Å². The molecule has 0 unspecified atom stereocenters. The Bertz CT molecular complexity index is 1680. The normalized spacial score (nSPS) is 12.6.